The maximum atomic E-state index is 11.3. The number of hydrogen-bond donors (Lipinski definition) is 0. The molecule has 0 fully saturated rings. The second-order valence-electron chi connectivity index (χ2n) is 3.96. The maximum absolute atomic E-state index is 11.3. The van der Waals surface area contributed by atoms with Gasteiger partial charge in [-0.05, 0) is 18.2 Å². The SMILES string of the molecule is CC(=O)O[N+](=Cc1ccc2c(c1)OCCO2)C(C)=O. The first-order chi connectivity index (χ1) is 9.06. The molecule has 0 radical (unpaired) electrons. The highest BCUT2D eigenvalue weighted by Crippen LogP contribution is 2.30. The largest absolute Gasteiger partial charge is 0.486 e. The normalized spacial score (nSPS) is 13.9. The van der Waals surface area contributed by atoms with E-state index in [0.717, 1.165) is 4.74 Å². The molecule has 0 aliphatic carbocycles. The zero-order chi connectivity index (χ0) is 13.8. The fourth-order valence-corrected chi connectivity index (χ4v) is 1.60. The lowest BCUT2D eigenvalue weighted by atomic mass is 10.2. The van der Waals surface area contributed by atoms with Gasteiger partial charge in [-0.25, -0.2) is 9.59 Å². The molecule has 1 aromatic carbocycles. The molecule has 6 heteroatoms. The molecule has 1 heterocycles. The molecule has 0 spiro atoms. The predicted molar refractivity (Wildman–Crippen MR) is 65.3 cm³/mol. The van der Waals surface area contributed by atoms with Gasteiger partial charge in [0.15, 0.2) is 11.5 Å². The Morgan fingerprint density at radius 2 is 1.89 bits per heavy atom. The van der Waals surface area contributed by atoms with E-state index < -0.39 is 11.9 Å². The molecular weight excluding hydrogens is 250 g/mol. The van der Waals surface area contributed by atoms with Crippen LogP contribution in [0, 0.1) is 0 Å². The molecule has 100 valence electrons. The van der Waals surface area contributed by atoms with Gasteiger partial charge in [0.2, 0.25) is 6.21 Å². The van der Waals surface area contributed by atoms with Crippen LogP contribution >= 0.6 is 0 Å². The summed E-state index contributed by atoms with van der Waals surface area (Å²) in [5.74, 6) is 0.297. The average Bonchev–Trinajstić information content (AvgIpc) is 2.37. The summed E-state index contributed by atoms with van der Waals surface area (Å²) in [7, 11) is 0. The summed E-state index contributed by atoms with van der Waals surface area (Å²) >= 11 is 0. The van der Waals surface area contributed by atoms with E-state index >= 15 is 0 Å². The Kier molecular flexibility index (Phi) is 3.79. The van der Waals surface area contributed by atoms with Gasteiger partial charge in [-0.2, -0.15) is 4.84 Å². The van der Waals surface area contributed by atoms with E-state index in [1.54, 1.807) is 18.2 Å². The quantitative estimate of drug-likeness (QED) is 0.326. The molecule has 0 saturated heterocycles. The molecule has 19 heavy (non-hydrogen) atoms. The molecule has 2 rings (SSSR count). The van der Waals surface area contributed by atoms with Gasteiger partial charge in [0, 0.05) is 12.5 Å². The van der Waals surface area contributed by atoms with Gasteiger partial charge in [-0.15, -0.1) is 0 Å². The summed E-state index contributed by atoms with van der Waals surface area (Å²) in [5, 5.41) is 0. The molecule has 0 unspecified atom stereocenters. The summed E-state index contributed by atoms with van der Waals surface area (Å²) in [5.41, 5.74) is 0.667. The topological polar surface area (TPSA) is 64.8 Å². The van der Waals surface area contributed by atoms with Crippen molar-refractivity contribution < 1.29 is 28.6 Å². The number of carbonyl (C=O) groups is 2. The minimum absolute atomic E-state index is 0.398. The molecule has 0 N–H and O–H groups in total. The van der Waals surface area contributed by atoms with Crippen molar-refractivity contribution in [3.05, 3.63) is 23.8 Å². The van der Waals surface area contributed by atoms with Crippen LogP contribution in [0.2, 0.25) is 0 Å². The Bertz CT molecular complexity index is 550. The molecule has 0 bridgehead atoms. The van der Waals surface area contributed by atoms with Crippen LogP contribution in [0.25, 0.3) is 0 Å². The van der Waals surface area contributed by atoms with Crippen molar-refractivity contribution >= 4 is 18.1 Å². The van der Waals surface area contributed by atoms with E-state index in [9.17, 15) is 9.59 Å². The summed E-state index contributed by atoms with van der Waals surface area (Å²) in [6, 6.07) is 5.20. The molecular formula is C13H14NO5+. The predicted octanol–water partition coefficient (Wildman–Crippen LogP) is 0.914. The third-order valence-corrected chi connectivity index (χ3v) is 2.37. The van der Waals surface area contributed by atoms with Gasteiger partial charge < -0.3 is 9.47 Å². The molecule has 0 atom stereocenters. The highest BCUT2D eigenvalue weighted by Gasteiger charge is 2.18. The van der Waals surface area contributed by atoms with Crippen LogP contribution in [0.1, 0.15) is 19.4 Å². The van der Waals surface area contributed by atoms with Crippen molar-refractivity contribution in [2.75, 3.05) is 13.2 Å². The van der Waals surface area contributed by atoms with E-state index in [0.29, 0.717) is 30.3 Å². The lowest BCUT2D eigenvalue weighted by Gasteiger charge is -2.17. The van der Waals surface area contributed by atoms with Crippen LogP contribution in [0.3, 0.4) is 0 Å². The number of amides is 1. The Balaban J connectivity index is 2.29. The molecule has 1 aromatic rings. The molecule has 1 aliphatic rings. The van der Waals surface area contributed by atoms with Crippen LogP contribution in [-0.2, 0) is 14.4 Å². The number of benzene rings is 1. The Hall–Kier alpha value is -2.37. The van der Waals surface area contributed by atoms with E-state index in [2.05, 4.69) is 0 Å². The first-order valence-electron chi connectivity index (χ1n) is 5.79. The summed E-state index contributed by atoms with van der Waals surface area (Å²) in [4.78, 5) is 27.0. The second kappa shape index (κ2) is 5.51. The summed E-state index contributed by atoms with van der Waals surface area (Å²) < 4.78 is 11.7. The van der Waals surface area contributed by atoms with Crippen molar-refractivity contribution in [2.45, 2.75) is 13.8 Å². The fourth-order valence-electron chi connectivity index (χ4n) is 1.60. The van der Waals surface area contributed by atoms with Crippen molar-refractivity contribution in [3.8, 4) is 11.5 Å². The monoisotopic (exact) mass is 264 g/mol. The van der Waals surface area contributed by atoms with Crippen LogP contribution < -0.4 is 9.47 Å². The molecule has 0 saturated carbocycles. The zero-order valence-electron chi connectivity index (χ0n) is 10.7. The van der Waals surface area contributed by atoms with Crippen molar-refractivity contribution in [2.24, 2.45) is 0 Å². The summed E-state index contributed by atoms with van der Waals surface area (Å²) in [6.07, 6.45) is 1.42. The smallest absolute Gasteiger partial charge is 0.431 e. The lowest BCUT2D eigenvalue weighted by Crippen LogP contribution is -2.22. The third kappa shape index (κ3) is 3.31. The third-order valence-electron chi connectivity index (χ3n) is 2.37. The first kappa shape index (κ1) is 13.1. The molecule has 0 aromatic heterocycles. The zero-order valence-corrected chi connectivity index (χ0v) is 10.7. The fraction of sp³-hybridized carbons (Fsp3) is 0.308. The summed E-state index contributed by atoms with van der Waals surface area (Å²) in [6.45, 7) is 3.53. The minimum atomic E-state index is -0.566. The number of rotatable bonds is 1. The average molecular weight is 264 g/mol. The number of carbonyl (C=O) groups excluding carboxylic acids is 2. The van der Waals surface area contributed by atoms with E-state index in [1.165, 1.54) is 20.1 Å². The van der Waals surface area contributed by atoms with Crippen LogP contribution in [-0.4, -0.2) is 36.0 Å². The van der Waals surface area contributed by atoms with E-state index in [-0.39, 0.29) is 0 Å². The Morgan fingerprint density at radius 3 is 2.53 bits per heavy atom. The molecule has 1 amide bonds. The Labute approximate surface area is 110 Å². The van der Waals surface area contributed by atoms with E-state index in [1.807, 2.05) is 0 Å². The number of fused-ring (bicyclic) bond motifs is 1. The number of hydroxylamine groups is 1. The van der Waals surface area contributed by atoms with Gasteiger partial charge >= 0.3 is 11.9 Å². The van der Waals surface area contributed by atoms with Crippen LogP contribution in [0.15, 0.2) is 18.2 Å². The van der Waals surface area contributed by atoms with Gasteiger partial charge in [-0.1, -0.05) is 0 Å². The first-order valence-corrected chi connectivity index (χ1v) is 5.79. The van der Waals surface area contributed by atoms with Gasteiger partial charge in [-0.3, -0.25) is 0 Å². The van der Waals surface area contributed by atoms with E-state index in [4.69, 9.17) is 14.3 Å². The number of hydrogen-bond acceptors (Lipinski definition) is 5. The molecule has 6 nitrogen and oxygen atoms in total. The highest BCUT2D eigenvalue weighted by molar-refractivity contribution is 5.82. The standard InChI is InChI=1S/C13H14NO5/c1-9(15)14(19-10(2)16)8-11-3-4-12-13(7-11)18-6-5-17-12/h3-4,7-8H,5-6H2,1-2H3/q+1. The van der Waals surface area contributed by atoms with Crippen LogP contribution in [0.5, 0.6) is 11.5 Å². The second-order valence-corrected chi connectivity index (χ2v) is 3.96. The van der Waals surface area contributed by atoms with Crippen molar-refractivity contribution in [1.29, 1.82) is 0 Å². The minimum Gasteiger partial charge on any atom is -0.486 e. The van der Waals surface area contributed by atoms with Crippen molar-refractivity contribution in [3.63, 3.8) is 0 Å². The van der Waals surface area contributed by atoms with Crippen LogP contribution in [0.4, 0.5) is 0 Å². The maximum Gasteiger partial charge on any atom is 0.431 e. The van der Waals surface area contributed by atoms with Crippen molar-refractivity contribution in [1.82, 2.24) is 0 Å². The number of ether oxygens (including phenoxy) is 2. The van der Waals surface area contributed by atoms with Gasteiger partial charge in [0.1, 0.15) is 13.2 Å². The highest BCUT2D eigenvalue weighted by atomic mass is 16.7. The Morgan fingerprint density at radius 1 is 1.21 bits per heavy atom. The number of nitrogens with zero attached hydrogens (tertiary/aromatic N) is 1. The van der Waals surface area contributed by atoms with Gasteiger partial charge in [0.05, 0.1) is 11.7 Å². The molecule has 1 aliphatic heterocycles. The van der Waals surface area contributed by atoms with Gasteiger partial charge in [0.25, 0.3) is 0 Å². The lowest BCUT2D eigenvalue weighted by molar-refractivity contribution is -0.688.